The molecule has 0 aliphatic carbocycles. The zero-order valence-corrected chi connectivity index (χ0v) is 11.7. The van der Waals surface area contributed by atoms with E-state index in [0.717, 1.165) is 11.3 Å². The van der Waals surface area contributed by atoms with Gasteiger partial charge in [0.15, 0.2) is 5.75 Å². The summed E-state index contributed by atoms with van der Waals surface area (Å²) in [6, 6.07) is 10.8. The minimum absolute atomic E-state index is 0.0675. The molecular formula is C15H15NO5. The molecule has 21 heavy (non-hydrogen) atoms. The van der Waals surface area contributed by atoms with Crippen LogP contribution in [0, 0.1) is 0 Å². The molecule has 2 aromatic rings. The number of carbonyl (C=O) groups is 1. The molecule has 0 bridgehead atoms. The Balaban J connectivity index is 2.03. The molecule has 0 saturated heterocycles. The van der Waals surface area contributed by atoms with Crippen LogP contribution in [0.3, 0.4) is 0 Å². The highest BCUT2D eigenvalue weighted by Gasteiger charge is 2.11. The largest absolute Gasteiger partial charge is 0.515 e. The maximum absolute atomic E-state index is 11.1. The normalized spacial score (nSPS) is 9.81. The van der Waals surface area contributed by atoms with Gasteiger partial charge < -0.3 is 18.9 Å². The lowest BCUT2D eigenvalue weighted by molar-refractivity contribution is 0.117. The number of hydrogen-bond donors (Lipinski definition) is 0. The first-order valence-corrected chi connectivity index (χ1v) is 6.19. The fourth-order valence-corrected chi connectivity index (χ4v) is 1.57. The van der Waals surface area contributed by atoms with Crippen molar-refractivity contribution in [3.63, 3.8) is 0 Å². The van der Waals surface area contributed by atoms with Gasteiger partial charge in [0.25, 0.3) is 5.88 Å². The molecule has 0 aliphatic heterocycles. The molecule has 0 unspecified atom stereocenters. The van der Waals surface area contributed by atoms with Crippen molar-refractivity contribution in [2.75, 3.05) is 14.2 Å². The van der Waals surface area contributed by atoms with Crippen molar-refractivity contribution >= 4 is 6.16 Å². The van der Waals surface area contributed by atoms with Crippen molar-refractivity contribution in [1.82, 2.24) is 4.98 Å². The monoisotopic (exact) mass is 289 g/mol. The standard InChI is InChI=1S/C15H15NO5/c1-18-12-7-5-11(6-8-12)10-20-13-4-3-9-16-14(13)21-15(17)19-2/h3-9H,10H2,1-2H3. The summed E-state index contributed by atoms with van der Waals surface area (Å²) in [5.74, 6) is 1.20. The fraction of sp³-hybridized carbons (Fsp3) is 0.200. The average Bonchev–Trinajstić information content (AvgIpc) is 2.54. The second-order valence-electron chi connectivity index (χ2n) is 4.00. The fourth-order valence-electron chi connectivity index (χ4n) is 1.57. The van der Waals surface area contributed by atoms with E-state index in [1.807, 2.05) is 24.3 Å². The average molecular weight is 289 g/mol. The number of aromatic nitrogens is 1. The lowest BCUT2D eigenvalue weighted by atomic mass is 10.2. The number of methoxy groups -OCH3 is 2. The van der Waals surface area contributed by atoms with Gasteiger partial charge in [-0.3, -0.25) is 0 Å². The van der Waals surface area contributed by atoms with Crippen LogP contribution in [0.5, 0.6) is 17.4 Å². The van der Waals surface area contributed by atoms with Crippen LogP contribution >= 0.6 is 0 Å². The Morgan fingerprint density at radius 1 is 1.14 bits per heavy atom. The molecule has 0 radical (unpaired) electrons. The molecule has 6 heteroatoms. The third-order valence-corrected chi connectivity index (χ3v) is 2.64. The van der Waals surface area contributed by atoms with Crippen molar-refractivity contribution in [2.45, 2.75) is 6.61 Å². The van der Waals surface area contributed by atoms with Crippen molar-refractivity contribution in [2.24, 2.45) is 0 Å². The predicted molar refractivity (Wildman–Crippen MR) is 74.6 cm³/mol. The Hall–Kier alpha value is -2.76. The molecule has 1 aromatic carbocycles. The SMILES string of the molecule is COC(=O)Oc1ncccc1OCc1ccc(OC)cc1. The predicted octanol–water partition coefficient (Wildman–Crippen LogP) is 2.81. The summed E-state index contributed by atoms with van der Waals surface area (Å²) in [5.41, 5.74) is 0.948. The molecule has 0 saturated carbocycles. The Morgan fingerprint density at radius 2 is 1.90 bits per heavy atom. The number of hydrogen-bond acceptors (Lipinski definition) is 6. The van der Waals surface area contributed by atoms with E-state index in [0.29, 0.717) is 12.4 Å². The number of ether oxygens (including phenoxy) is 4. The molecule has 0 aliphatic rings. The highest BCUT2D eigenvalue weighted by Crippen LogP contribution is 2.25. The number of rotatable bonds is 5. The van der Waals surface area contributed by atoms with Gasteiger partial charge in [0.1, 0.15) is 12.4 Å². The molecule has 0 fully saturated rings. The quantitative estimate of drug-likeness (QED) is 0.788. The van der Waals surface area contributed by atoms with Gasteiger partial charge >= 0.3 is 6.16 Å². The van der Waals surface area contributed by atoms with Crippen LogP contribution in [0.15, 0.2) is 42.6 Å². The van der Waals surface area contributed by atoms with Gasteiger partial charge in [0.05, 0.1) is 14.2 Å². The van der Waals surface area contributed by atoms with Gasteiger partial charge in [-0.2, -0.15) is 0 Å². The van der Waals surface area contributed by atoms with E-state index in [9.17, 15) is 4.79 Å². The van der Waals surface area contributed by atoms with Crippen LogP contribution in [0.25, 0.3) is 0 Å². The first kappa shape index (κ1) is 14.6. The van der Waals surface area contributed by atoms with Gasteiger partial charge in [-0.1, -0.05) is 12.1 Å². The topological polar surface area (TPSA) is 66.9 Å². The van der Waals surface area contributed by atoms with Crippen molar-refractivity contribution < 1.29 is 23.7 Å². The van der Waals surface area contributed by atoms with Crippen LogP contribution in [0.1, 0.15) is 5.56 Å². The van der Waals surface area contributed by atoms with E-state index >= 15 is 0 Å². The van der Waals surface area contributed by atoms with E-state index in [4.69, 9.17) is 14.2 Å². The second-order valence-corrected chi connectivity index (χ2v) is 4.00. The molecule has 6 nitrogen and oxygen atoms in total. The zero-order chi connectivity index (χ0) is 15.1. The lowest BCUT2D eigenvalue weighted by Crippen LogP contribution is -2.09. The van der Waals surface area contributed by atoms with Gasteiger partial charge in [-0.15, -0.1) is 0 Å². The van der Waals surface area contributed by atoms with E-state index in [-0.39, 0.29) is 5.88 Å². The molecule has 2 rings (SSSR count). The van der Waals surface area contributed by atoms with Crippen LogP contribution < -0.4 is 14.2 Å². The Kier molecular flexibility index (Phi) is 4.98. The summed E-state index contributed by atoms with van der Waals surface area (Å²) in [4.78, 5) is 15.1. The summed E-state index contributed by atoms with van der Waals surface area (Å²) >= 11 is 0. The van der Waals surface area contributed by atoms with Gasteiger partial charge in [-0.25, -0.2) is 9.78 Å². The molecule has 0 spiro atoms. The van der Waals surface area contributed by atoms with E-state index in [1.165, 1.54) is 13.3 Å². The van der Waals surface area contributed by atoms with Crippen LogP contribution in [0.2, 0.25) is 0 Å². The minimum Gasteiger partial charge on any atom is -0.497 e. The smallest absolute Gasteiger partial charge is 0.497 e. The zero-order valence-electron chi connectivity index (χ0n) is 11.7. The summed E-state index contributed by atoms with van der Waals surface area (Å²) in [7, 11) is 2.83. The minimum atomic E-state index is -0.844. The van der Waals surface area contributed by atoms with Crippen molar-refractivity contribution in [1.29, 1.82) is 0 Å². The molecule has 0 N–H and O–H groups in total. The Morgan fingerprint density at radius 3 is 2.57 bits per heavy atom. The molecule has 1 heterocycles. The maximum atomic E-state index is 11.1. The Bertz CT molecular complexity index is 597. The van der Waals surface area contributed by atoms with E-state index in [2.05, 4.69) is 9.72 Å². The maximum Gasteiger partial charge on any atom is 0.515 e. The molecule has 0 atom stereocenters. The molecule has 110 valence electrons. The number of carbonyl (C=O) groups excluding carboxylic acids is 1. The highest BCUT2D eigenvalue weighted by atomic mass is 16.7. The van der Waals surface area contributed by atoms with Crippen LogP contribution in [0.4, 0.5) is 4.79 Å². The molecular weight excluding hydrogens is 274 g/mol. The van der Waals surface area contributed by atoms with Crippen molar-refractivity contribution in [3.05, 3.63) is 48.2 Å². The van der Waals surface area contributed by atoms with Crippen molar-refractivity contribution in [3.8, 4) is 17.4 Å². The summed E-state index contributed by atoms with van der Waals surface area (Å²) in [5, 5.41) is 0. The van der Waals surface area contributed by atoms with Gasteiger partial charge in [-0.05, 0) is 29.8 Å². The van der Waals surface area contributed by atoms with Gasteiger partial charge in [0, 0.05) is 6.20 Å². The first-order chi connectivity index (χ1) is 10.2. The third-order valence-electron chi connectivity index (χ3n) is 2.64. The Labute approximate surface area is 122 Å². The lowest BCUT2D eigenvalue weighted by Gasteiger charge is -2.10. The molecule has 1 aromatic heterocycles. The van der Waals surface area contributed by atoms with E-state index < -0.39 is 6.16 Å². The third kappa shape index (κ3) is 4.10. The summed E-state index contributed by atoms with van der Waals surface area (Å²) in [6.45, 7) is 0.313. The number of nitrogens with zero attached hydrogens (tertiary/aromatic N) is 1. The summed E-state index contributed by atoms with van der Waals surface area (Å²) in [6.07, 6.45) is 0.654. The van der Waals surface area contributed by atoms with Gasteiger partial charge in [0.2, 0.25) is 0 Å². The van der Waals surface area contributed by atoms with Crippen LogP contribution in [-0.2, 0) is 11.3 Å². The van der Waals surface area contributed by atoms with E-state index in [1.54, 1.807) is 19.2 Å². The first-order valence-electron chi connectivity index (χ1n) is 6.19. The van der Waals surface area contributed by atoms with Crippen LogP contribution in [-0.4, -0.2) is 25.4 Å². The number of benzene rings is 1. The number of pyridine rings is 1. The highest BCUT2D eigenvalue weighted by molar-refractivity contribution is 5.63. The summed E-state index contributed by atoms with van der Waals surface area (Å²) < 4.78 is 20.0. The second kappa shape index (κ2) is 7.14. The molecule has 0 amide bonds.